The monoisotopic (exact) mass is 252 g/mol. The predicted molar refractivity (Wildman–Crippen MR) is 67.8 cm³/mol. The van der Waals surface area contributed by atoms with Crippen molar-refractivity contribution in [2.24, 2.45) is 0 Å². The maximum absolute atomic E-state index is 11.4. The van der Waals surface area contributed by atoms with Crippen LogP contribution in [0.3, 0.4) is 0 Å². The first kappa shape index (κ1) is 14.0. The minimum Gasteiger partial charge on any atom is -0.465 e. The van der Waals surface area contributed by atoms with Crippen LogP contribution in [0.1, 0.15) is 30.1 Å². The van der Waals surface area contributed by atoms with Gasteiger partial charge in [-0.25, -0.2) is 4.79 Å². The highest BCUT2D eigenvalue weighted by Gasteiger charge is 2.21. The van der Waals surface area contributed by atoms with E-state index in [1.807, 2.05) is 0 Å². The highest BCUT2D eigenvalue weighted by molar-refractivity contribution is 5.94. The van der Waals surface area contributed by atoms with Crippen LogP contribution in [-0.4, -0.2) is 24.5 Å². The second-order valence-electron chi connectivity index (χ2n) is 3.76. The lowest BCUT2D eigenvalue weighted by Crippen LogP contribution is -2.07. The van der Waals surface area contributed by atoms with Crippen molar-refractivity contribution in [1.82, 2.24) is 0 Å². The molecule has 98 valence electrons. The lowest BCUT2D eigenvalue weighted by molar-refractivity contribution is -0.385. The first-order valence-corrected chi connectivity index (χ1v) is 5.70. The summed E-state index contributed by atoms with van der Waals surface area (Å²) in [5.41, 5.74) is 0.342. The van der Waals surface area contributed by atoms with Crippen molar-refractivity contribution in [2.45, 2.75) is 19.8 Å². The fraction of sp³-hybridized carbons (Fsp3) is 0.417. The number of hydrogen-bond donors (Lipinski definition) is 1. The Hall–Kier alpha value is -2.11. The molecule has 0 spiro atoms. The molecule has 0 saturated carbocycles. The van der Waals surface area contributed by atoms with Crippen LogP contribution in [-0.2, 0) is 4.74 Å². The summed E-state index contributed by atoms with van der Waals surface area (Å²) in [6.07, 6.45) is 2.02. The van der Waals surface area contributed by atoms with Crippen LogP contribution in [0.15, 0.2) is 18.2 Å². The molecule has 0 aliphatic carbocycles. The number of carbonyl (C=O) groups is 1. The summed E-state index contributed by atoms with van der Waals surface area (Å²) < 4.78 is 4.50. The van der Waals surface area contributed by atoms with Crippen LogP contribution in [0.5, 0.6) is 0 Å². The quantitative estimate of drug-likeness (QED) is 0.364. The Morgan fingerprint density at radius 3 is 2.78 bits per heavy atom. The van der Waals surface area contributed by atoms with Gasteiger partial charge in [-0.05, 0) is 18.6 Å². The third-order valence-electron chi connectivity index (χ3n) is 2.46. The van der Waals surface area contributed by atoms with Gasteiger partial charge < -0.3 is 10.1 Å². The number of benzene rings is 1. The van der Waals surface area contributed by atoms with Gasteiger partial charge in [0.25, 0.3) is 5.69 Å². The number of carbonyl (C=O) groups excluding carboxylic acids is 1. The Kier molecular flexibility index (Phi) is 5.10. The van der Waals surface area contributed by atoms with E-state index >= 15 is 0 Å². The minimum absolute atomic E-state index is 0.0384. The van der Waals surface area contributed by atoms with Crippen molar-refractivity contribution in [3.05, 3.63) is 33.9 Å². The third-order valence-corrected chi connectivity index (χ3v) is 2.46. The first-order chi connectivity index (χ1) is 8.60. The zero-order chi connectivity index (χ0) is 13.5. The van der Waals surface area contributed by atoms with Crippen LogP contribution >= 0.6 is 0 Å². The predicted octanol–water partition coefficient (Wildman–Crippen LogP) is 2.59. The molecule has 0 bridgehead atoms. The summed E-state index contributed by atoms with van der Waals surface area (Å²) in [4.78, 5) is 21.7. The molecule has 0 heterocycles. The molecular formula is C12H16N2O4. The smallest absolute Gasteiger partial charge is 0.344 e. The van der Waals surface area contributed by atoms with Gasteiger partial charge in [0.1, 0.15) is 5.56 Å². The third kappa shape index (κ3) is 3.44. The normalized spacial score (nSPS) is 9.89. The fourth-order valence-electron chi connectivity index (χ4n) is 1.48. The number of methoxy groups -OCH3 is 1. The Morgan fingerprint density at radius 2 is 2.22 bits per heavy atom. The molecule has 1 aromatic rings. The van der Waals surface area contributed by atoms with Gasteiger partial charge in [-0.2, -0.15) is 0 Å². The lowest BCUT2D eigenvalue weighted by Gasteiger charge is -2.07. The number of nitrogens with one attached hydrogen (secondary N) is 1. The molecule has 0 radical (unpaired) electrons. The molecular weight excluding hydrogens is 236 g/mol. The standard InChI is InChI=1S/C12H16N2O4/c1-3-4-7-13-9-5-6-10(12(15)18-2)11(8-9)14(16)17/h5-6,8,13H,3-4,7H2,1-2H3. The van der Waals surface area contributed by atoms with E-state index in [4.69, 9.17) is 0 Å². The Balaban J connectivity index is 2.96. The average molecular weight is 252 g/mol. The van der Waals surface area contributed by atoms with Gasteiger partial charge in [-0.3, -0.25) is 10.1 Å². The van der Waals surface area contributed by atoms with Crippen molar-refractivity contribution < 1.29 is 14.5 Å². The topological polar surface area (TPSA) is 81.5 Å². The van der Waals surface area contributed by atoms with Crippen LogP contribution < -0.4 is 5.32 Å². The van der Waals surface area contributed by atoms with E-state index in [0.29, 0.717) is 5.69 Å². The van der Waals surface area contributed by atoms with Gasteiger partial charge >= 0.3 is 5.97 Å². The number of nitro groups is 1. The molecule has 0 aliphatic heterocycles. The van der Waals surface area contributed by atoms with Gasteiger partial charge in [0, 0.05) is 18.3 Å². The summed E-state index contributed by atoms with van der Waals surface area (Å²) >= 11 is 0. The molecule has 1 aromatic carbocycles. The van der Waals surface area contributed by atoms with Gasteiger partial charge in [0.2, 0.25) is 0 Å². The molecule has 6 heteroatoms. The summed E-state index contributed by atoms with van der Waals surface area (Å²) in [5.74, 6) is -0.707. The molecule has 0 fully saturated rings. The zero-order valence-corrected chi connectivity index (χ0v) is 10.4. The van der Waals surface area contributed by atoms with E-state index in [2.05, 4.69) is 17.0 Å². The van der Waals surface area contributed by atoms with E-state index in [9.17, 15) is 14.9 Å². The number of nitro benzene ring substituents is 1. The Labute approximate surface area is 105 Å². The molecule has 0 amide bonds. The number of rotatable bonds is 6. The fourth-order valence-corrected chi connectivity index (χ4v) is 1.48. The minimum atomic E-state index is -0.707. The molecule has 1 N–H and O–H groups in total. The van der Waals surface area contributed by atoms with Gasteiger partial charge in [0.15, 0.2) is 0 Å². The molecule has 6 nitrogen and oxygen atoms in total. The summed E-state index contributed by atoms with van der Waals surface area (Å²) in [6, 6.07) is 4.38. The number of nitrogens with zero attached hydrogens (tertiary/aromatic N) is 1. The van der Waals surface area contributed by atoms with Crippen LogP contribution in [0, 0.1) is 10.1 Å². The van der Waals surface area contributed by atoms with E-state index in [1.165, 1.54) is 19.2 Å². The Bertz CT molecular complexity index is 446. The van der Waals surface area contributed by atoms with Crippen LogP contribution in [0.2, 0.25) is 0 Å². The highest BCUT2D eigenvalue weighted by Crippen LogP contribution is 2.23. The molecule has 0 saturated heterocycles. The Morgan fingerprint density at radius 1 is 1.50 bits per heavy atom. The maximum Gasteiger partial charge on any atom is 0.344 e. The second-order valence-corrected chi connectivity index (χ2v) is 3.76. The molecule has 0 aliphatic rings. The van der Waals surface area contributed by atoms with E-state index in [0.717, 1.165) is 19.4 Å². The van der Waals surface area contributed by atoms with E-state index < -0.39 is 10.9 Å². The number of hydrogen-bond acceptors (Lipinski definition) is 5. The van der Waals surface area contributed by atoms with E-state index in [-0.39, 0.29) is 11.3 Å². The van der Waals surface area contributed by atoms with Crippen molar-refractivity contribution in [3.8, 4) is 0 Å². The number of unbranched alkanes of at least 4 members (excludes halogenated alkanes) is 1. The van der Waals surface area contributed by atoms with Crippen LogP contribution in [0.4, 0.5) is 11.4 Å². The highest BCUT2D eigenvalue weighted by atomic mass is 16.6. The maximum atomic E-state index is 11.4. The second kappa shape index (κ2) is 6.58. The zero-order valence-electron chi connectivity index (χ0n) is 10.4. The first-order valence-electron chi connectivity index (χ1n) is 5.70. The lowest BCUT2D eigenvalue weighted by atomic mass is 10.1. The van der Waals surface area contributed by atoms with E-state index in [1.54, 1.807) is 6.07 Å². The molecule has 0 atom stereocenters. The molecule has 1 rings (SSSR count). The van der Waals surface area contributed by atoms with Gasteiger partial charge in [-0.15, -0.1) is 0 Å². The van der Waals surface area contributed by atoms with Crippen molar-refractivity contribution >= 4 is 17.3 Å². The SMILES string of the molecule is CCCCNc1ccc(C(=O)OC)c([N+](=O)[O-])c1. The summed E-state index contributed by atoms with van der Waals surface area (Å²) in [5, 5.41) is 14.0. The summed E-state index contributed by atoms with van der Waals surface area (Å²) in [6.45, 7) is 2.80. The van der Waals surface area contributed by atoms with Crippen molar-refractivity contribution in [1.29, 1.82) is 0 Å². The average Bonchev–Trinajstić information content (AvgIpc) is 2.38. The number of esters is 1. The largest absolute Gasteiger partial charge is 0.465 e. The van der Waals surface area contributed by atoms with Crippen molar-refractivity contribution in [2.75, 3.05) is 19.0 Å². The van der Waals surface area contributed by atoms with Gasteiger partial charge in [0.05, 0.1) is 12.0 Å². The summed E-state index contributed by atoms with van der Waals surface area (Å²) in [7, 11) is 1.19. The van der Waals surface area contributed by atoms with Crippen molar-refractivity contribution in [3.63, 3.8) is 0 Å². The molecule has 0 unspecified atom stereocenters. The van der Waals surface area contributed by atoms with Gasteiger partial charge in [-0.1, -0.05) is 13.3 Å². The number of ether oxygens (including phenoxy) is 1. The molecule has 18 heavy (non-hydrogen) atoms. The molecule has 0 aromatic heterocycles. The van der Waals surface area contributed by atoms with Crippen LogP contribution in [0.25, 0.3) is 0 Å². The number of anilines is 1.